The van der Waals surface area contributed by atoms with Gasteiger partial charge >= 0.3 is 0 Å². The Bertz CT molecular complexity index is 405. The zero-order valence-electron chi connectivity index (χ0n) is 10.3. The number of sulfone groups is 1. The molecule has 6 nitrogen and oxygen atoms in total. The summed E-state index contributed by atoms with van der Waals surface area (Å²) in [5.41, 5.74) is 0. The van der Waals surface area contributed by atoms with Crippen LogP contribution in [0.3, 0.4) is 0 Å². The molecule has 0 aromatic rings. The first-order valence-electron chi connectivity index (χ1n) is 6.33. The Labute approximate surface area is 107 Å². The normalized spacial score (nSPS) is 26.8. The predicted molar refractivity (Wildman–Crippen MR) is 66.8 cm³/mol. The molecule has 2 N–H and O–H groups in total. The summed E-state index contributed by atoms with van der Waals surface area (Å²) >= 11 is 0. The Balaban J connectivity index is 1.96. The van der Waals surface area contributed by atoms with E-state index >= 15 is 0 Å². The second-order valence-corrected chi connectivity index (χ2v) is 7.32. The Morgan fingerprint density at radius 1 is 1.39 bits per heavy atom. The van der Waals surface area contributed by atoms with Gasteiger partial charge < -0.3 is 15.3 Å². The SMILES string of the molecule is O=C(CC1CNC1)N(CCO)C1CCS(=O)(=O)C1. The lowest BCUT2D eigenvalue weighted by molar-refractivity contribution is -0.135. The van der Waals surface area contributed by atoms with Crippen LogP contribution in [0, 0.1) is 5.92 Å². The number of aliphatic hydroxyl groups is 1. The van der Waals surface area contributed by atoms with Gasteiger partial charge in [0.25, 0.3) is 0 Å². The van der Waals surface area contributed by atoms with E-state index in [0.29, 0.717) is 18.8 Å². The van der Waals surface area contributed by atoms with Gasteiger partial charge in [0.15, 0.2) is 9.84 Å². The largest absolute Gasteiger partial charge is 0.395 e. The maximum atomic E-state index is 12.1. The highest BCUT2D eigenvalue weighted by molar-refractivity contribution is 7.91. The minimum absolute atomic E-state index is 0.0300. The molecule has 2 rings (SSSR count). The maximum absolute atomic E-state index is 12.1. The van der Waals surface area contributed by atoms with Crippen LogP contribution in [0.5, 0.6) is 0 Å². The Kier molecular flexibility index (Phi) is 4.24. The molecule has 0 radical (unpaired) electrons. The van der Waals surface area contributed by atoms with E-state index in [4.69, 9.17) is 5.11 Å². The van der Waals surface area contributed by atoms with Gasteiger partial charge in [-0.3, -0.25) is 4.79 Å². The molecule has 104 valence electrons. The fourth-order valence-corrected chi connectivity index (χ4v) is 4.23. The number of nitrogens with one attached hydrogen (secondary N) is 1. The molecule has 0 aromatic heterocycles. The average Bonchev–Trinajstić information content (AvgIpc) is 2.60. The van der Waals surface area contributed by atoms with Crippen LogP contribution in [-0.2, 0) is 14.6 Å². The van der Waals surface area contributed by atoms with Gasteiger partial charge in [0.05, 0.1) is 18.1 Å². The van der Waals surface area contributed by atoms with Crippen LogP contribution in [0.4, 0.5) is 0 Å². The number of hydrogen-bond acceptors (Lipinski definition) is 5. The zero-order valence-corrected chi connectivity index (χ0v) is 11.2. The molecule has 2 aliphatic heterocycles. The molecule has 2 fully saturated rings. The first-order chi connectivity index (χ1) is 8.52. The topological polar surface area (TPSA) is 86.7 Å². The quantitative estimate of drug-likeness (QED) is 0.645. The van der Waals surface area contributed by atoms with Crippen LogP contribution in [0.25, 0.3) is 0 Å². The number of amides is 1. The molecular formula is C11H20N2O4S. The van der Waals surface area contributed by atoms with Gasteiger partial charge in [-0.2, -0.15) is 0 Å². The number of carbonyl (C=O) groups is 1. The van der Waals surface area contributed by atoms with E-state index in [-0.39, 0.29) is 36.6 Å². The van der Waals surface area contributed by atoms with Crippen molar-refractivity contribution in [3.63, 3.8) is 0 Å². The third-order valence-corrected chi connectivity index (χ3v) is 5.39. The van der Waals surface area contributed by atoms with Crippen molar-refractivity contribution in [2.75, 3.05) is 37.7 Å². The van der Waals surface area contributed by atoms with E-state index in [1.54, 1.807) is 4.90 Å². The first-order valence-corrected chi connectivity index (χ1v) is 8.15. The second-order valence-electron chi connectivity index (χ2n) is 5.10. The van der Waals surface area contributed by atoms with Gasteiger partial charge in [0.2, 0.25) is 5.91 Å². The highest BCUT2D eigenvalue weighted by Gasteiger charge is 2.35. The molecule has 1 atom stereocenters. The highest BCUT2D eigenvalue weighted by Crippen LogP contribution is 2.20. The Morgan fingerprint density at radius 3 is 2.56 bits per heavy atom. The highest BCUT2D eigenvalue weighted by atomic mass is 32.2. The van der Waals surface area contributed by atoms with Crippen LogP contribution < -0.4 is 5.32 Å². The summed E-state index contributed by atoms with van der Waals surface area (Å²) < 4.78 is 22.9. The Hall–Kier alpha value is -0.660. The summed E-state index contributed by atoms with van der Waals surface area (Å²) in [7, 11) is -3.00. The van der Waals surface area contributed by atoms with Gasteiger partial charge in [-0.1, -0.05) is 0 Å². The number of aliphatic hydroxyl groups excluding tert-OH is 1. The van der Waals surface area contributed by atoms with Gasteiger partial charge in [-0.05, 0) is 25.4 Å². The van der Waals surface area contributed by atoms with E-state index in [1.807, 2.05) is 0 Å². The van der Waals surface area contributed by atoms with E-state index in [2.05, 4.69) is 5.32 Å². The van der Waals surface area contributed by atoms with E-state index in [1.165, 1.54) is 0 Å². The molecular weight excluding hydrogens is 256 g/mol. The second kappa shape index (κ2) is 5.54. The van der Waals surface area contributed by atoms with Crippen molar-refractivity contribution < 1.29 is 18.3 Å². The number of hydrogen-bond donors (Lipinski definition) is 2. The van der Waals surface area contributed by atoms with Crippen molar-refractivity contribution in [2.24, 2.45) is 5.92 Å². The van der Waals surface area contributed by atoms with Crippen molar-refractivity contribution in [3.8, 4) is 0 Å². The number of rotatable bonds is 5. The molecule has 0 aliphatic carbocycles. The zero-order chi connectivity index (χ0) is 13.2. The molecule has 1 amide bonds. The minimum Gasteiger partial charge on any atom is -0.395 e. The predicted octanol–water partition coefficient (Wildman–Crippen LogP) is -1.40. The summed E-state index contributed by atoms with van der Waals surface area (Å²) in [5, 5.41) is 12.1. The summed E-state index contributed by atoms with van der Waals surface area (Å²) in [4.78, 5) is 13.7. The molecule has 1 unspecified atom stereocenters. The molecule has 18 heavy (non-hydrogen) atoms. The van der Waals surface area contributed by atoms with Crippen molar-refractivity contribution in [1.82, 2.24) is 10.2 Å². The molecule has 0 aromatic carbocycles. The average molecular weight is 276 g/mol. The fourth-order valence-electron chi connectivity index (χ4n) is 2.50. The van der Waals surface area contributed by atoms with Crippen LogP contribution in [0.1, 0.15) is 12.8 Å². The fraction of sp³-hybridized carbons (Fsp3) is 0.909. The minimum atomic E-state index is -3.00. The smallest absolute Gasteiger partial charge is 0.223 e. The molecule has 0 spiro atoms. The molecule has 2 aliphatic rings. The molecule has 0 saturated carbocycles. The van der Waals surface area contributed by atoms with Gasteiger partial charge in [-0.15, -0.1) is 0 Å². The standard InChI is InChI=1S/C11H20N2O4S/c14-3-2-13(10-1-4-18(16,17)8-10)11(15)5-9-6-12-7-9/h9-10,12,14H,1-8H2. The summed E-state index contributed by atoms with van der Waals surface area (Å²) in [6, 6.07) is -0.248. The van der Waals surface area contributed by atoms with Crippen LogP contribution in [0.15, 0.2) is 0 Å². The molecule has 0 bridgehead atoms. The van der Waals surface area contributed by atoms with Crippen molar-refractivity contribution >= 4 is 15.7 Å². The van der Waals surface area contributed by atoms with Crippen LogP contribution in [-0.4, -0.2) is 68.1 Å². The molecule has 2 heterocycles. The summed E-state index contributed by atoms with van der Waals surface area (Å²) in [6.07, 6.45) is 0.945. The number of nitrogens with zero attached hydrogens (tertiary/aromatic N) is 1. The maximum Gasteiger partial charge on any atom is 0.223 e. The van der Waals surface area contributed by atoms with Crippen molar-refractivity contribution in [3.05, 3.63) is 0 Å². The van der Waals surface area contributed by atoms with Crippen molar-refractivity contribution in [2.45, 2.75) is 18.9 Å². The van der Waals surface area contributed by atoms with Gasteiger partial charge in [-0.25, -0.2) is 8.42 Å². The molecule has 7 heteroatoms. The van der Waals surface area contributed by atoms with Gasteiger partial charge in [0, 0.05) is 19.0 Å². The molecule has 2 saturated heterocycles. The summed E-state index contributed by atoms with van der Waals surface area (Å²) in [5.74, 6) is 0.522. The van der Waals surface area contributed by atoms with Crippen LogP contribution in [0.2, 0.25) is 0 Å². The van der Waals surface area contributed by atoms with E-state index in [0.717, 1.165) is 13.1 Å². The summed E-state index contributed by atoms with van der Waals surface area (Å²) in [6.45, 7) is 1.81. The lowest BCUT2D eigenvalue weighted by Gasteiger charge is -2.32. The van der Waals surface area contributed by atoms with Crippen LogP contribution >= 0.6 is 0 Å². The first kappa shape index (κ1) is 13.8. The lowest BCUT2D eigenvalue weighted by atomic mass is 9.98. The van der Waals surface area contributed by atoms with Crippen molar-refractivity contribution in [1.29, 1.82) is 0 Å². The van der Waals surface area contributed by atoms with E-state index < -0.39 is 9.84 Å². The third kappa shape index (κ3) is 3.21. The van der Waals surface area contributed by atoms with E-state index in [9.17, 15) is 13.2 Å². The monoisotopic (exact) mass is 276 g/mol. The number of carbonyl (C=O) groups excluding carboxylic acids is 1. The third-order valence-electron chi connectivity index (χ3n) is 3.64. The van der Waals surface area contributed by atoms with Gasteiger partial charge in [0.1, 0.15) is 0 Å². The Morgan fingerprint density at radius 2 is 2.11 bits per heavy atom. The lowest BCUT2D eigenvalue weighted by Crippen LogP contribution is -2.48.